The van der Waals surface area contributed by atoms with Crippen LogP contribution in [0.5, 0.6) is 0 Å². The lowest BCUT2D eigenvalue weighted by molar-refractivity contribution is 0.122. The molecular formula is C21H23N5O2. The van der Waals surface area contributed by atoms with Crippen LogP contribution in [-0.2, 0) is 9.47 Å². The van der Waals surface area contributed by atoms with Crippen molar-refractivity contribution in [3.63, 3.8) is 0 Å². The normalized spacial score (nSPS) is 18.0. The second kappa shape index (κ2) is 6.97. The third-order valence-electron chi connectivity index (χ3n) is 5.67. The molecule has 0 radical (unpaired) electrons. The van der Waals surface area contributed by atoms with Gasteiger partial charge in [-0.1, -0.05) is 12.1 Å². The van der Waals surface area contributed by atoms with E-state index in [4.69, 9.17) is 14.5 Å². The zero-order chi connectivity index (χ0) is 19.1. The fourth-order valence-corrected chi connectivity index (χ4v) is 4.41. The summed E-state index contributed by atoms with van der Waals surface area (Å²) in [6, 6.07) is 10.6. The molecule has 144 valence electrons. The van der Waals surface area contributed by atoms with Gasteiger partial charge in [0, 0.05) is 31.7 Å². The summed E-state index contributed by atoms with van der Waals surface area (Å²) in [6.07, 6.45) is 0. The first kappa shape index (κ1) is 17.3. The Labute approximate surface area is 163 Å². The predicted molar refractivity (Wildman–Crippen MR) is 108 cm³/mol. The number of nitriles is 1. The second-order valence-electron chi connectivity index (χ2n) is 7.24. The number of anilines is 2. The number of hydrogen-bond acceptors (Lipinski definition) is 6. The summed E-state index contributed by atoms with van der Waals surface area (Å²) in [5.41, 5.74) is 5.44. The molecule has 3 aromatic rings. The number of morpholine rings is 2. The van der Waals surface area contributed by atoms with Crippen LogP contribution in [0.25, 0.3) is 16.7 Å². The Bertz CT molecular complexity index is 1070. The van der Waals surface area contributed by atoms with E-state index in [1.807, 2.05) is 18.2 Å². The van der Waals surface area contributed by atoms with Crippen LogP contribution in [-0.4, -0.2) is 62.0 Å². The van der Waals surface area contributed by atoms with Crippen LogP contribution >= 0.6 is 0 Å². The molecule has 0 N–H and O–H groups in total. The molecule has 1 aromatic carbocycles. The van der Waals surface area contributed by atoms with Crippen LogP contribution < -0.4 is 9.80 Å². The largest absolute Gasteiger partial charge is 0.378 e. The van der Waals surface area contributed by atoms with Crippen LogP contribution in [0.3, 0.4) is 0 Å². The Kier molecular flexibility index (Phi) is 4.30. The van der Waals surface area contributed by atoms with Crippen LogP contribution in [0.4, 0.5) is 11.5 Å². The number of rotatable bonds is 2. The zero-order valence-electron chi connectivity index (χ0n) is 16.0. The average molecular weight is 377 g/mol. The van der Waals surface area contributed by atoms with E-state index in [-0.39, 0.29) is 0 Å². The summed E-state index contributed by atoms with van der Waals surface area (Å²) >= 11 is 0. The molecule has 28 heavy (non-hydrogen) atoms. The smallest absolute Gasteiger partial charge is 0.159 e. The van der Waals surface area contributed by atoms with Crippen LogP contribution in [0.15, 0.2) is 24.3 Å². The fourth-order valence-electron chi connectivity index (χ4n) is 4.41. The molecule has 7 heteroatoms. The number of ether oxygens (including phenoxy) is 2. The van der Waals surface area contributed by atoms with Gasteiger partial charge in [0.1, 0.15) is 17.5 Å². The van der Waals surface area contributed by atoms with Crippen molar-refractivity contribution >= 4 is 28.2 Å². The fraction of sp³-hybridized carbons (Fsp3) is 0.429. The van der Waals surface area contributed by atoms with Crippen molar-refractivity contribution in [1.82, 2.24) is 9.38 Å². The molecule has 0 unspecified atom stereocenters. The molecule has 2 saturated heterocycles. The van der Waals surface area contributed by atoms with Gasteiger partial charge in [-0.2, -0.15) is 5.26 Å². The molecule has 0 aliphatic carbocycles. The minimum Gasteiger partial charge on any atom is -0.378 e. The highest BCUT2D eigenvalue weighted by atomic mass is 16.5. The first-order valence-electron chi connectivity index (χ1n) is 9.79. The second-order valence-corrected chi connectivity index (χ2v) is 7.24. The van der Waals surface area contributed by atoms with E-state index in [0.29, 0.717) is 32.0 Å². The van der Waals surface area contributed by atoms with E-state index in [2.05, 4.69) is 33.3 Å². The average Bonchev–Trinajstić information content (AvgIpc) is 3.13. The Morgan fingerprint density at radius 2 is 1.61 bits per heavy atom. The molecule has 5 rings (SSSR count). The van der Waals surface area contributed by atoms with Gasteiger partial charge in [-0.15, -0.1) is 0 Å². The summed E-state index contributed by atoms with van der Waals surface area (Å²) in [7, 11) is 0. The molecule has 7 nitrogen and oxygen atoms in total. The third kappa shape index (κ3) is 2.60. The first-order valence-corrected chi connectivity index (χ1v) is 9.79. The summed E-state index contributed by atoms with van der Waals surface area (Å²) in [5, 5.41) is 10.1. The van der Waals surface area contributed by atoms with Crippen LogP contribution in [0, 0.1) is 18.3 Å². The molecule has 2 aromatic heterocycles. The summed E-state index contributed by atoms with van der Waals surface area (Å²) in [6.45, 7) is 8.14. The number of pyridine rings is 1. The third-order valence-corrected chi connectivity index (χ3v) is 5.67. The predicted octanol–water partition coefficient (Wildman–Crippen LogP) is 2.34. The molecule has 4 heterocycles. The number of imidazole rings is 1. The molecule has 0 saturated carbocycles. The standard InChI is InChI=1S/C21H23N5O2/c1-15-19(24-6-10-27-11-7-24)16(14-22)20-23-17-4-2-3-5-18(17)26(20)21(15)25-8-12-28-13-9-25/h2-5H,6-13H2,1H3. The van der Waals surface area contributed by atoms with Gasteiger partial charge in [0.25, 0.3) is 0 Å². The number of aromatic nitrogens is 2. The SMILES string of the molecule is Cc1c(N2CCOCC2)c(C#N)c2nc3ccccc3n2c1N1CCOCC1. The van der Waals surface area contributed by atoms with Gasteiger partial charge >= 0.3 is 0 Å². The van der Waals surface area contributed by atoms with Crippen molar-refractivity contribution in [1.29, 1.82) is 5.26 Å². The molecule has 0 bridgehead atoms. The van der Waals surface area contributed by atoms with Gasteiger partial charge in [-0.3, -0.25) is 4.40 Å². The Hall–Kier alpha value is -2.82. The number of nitrogens with zero attached hydrogens (tertiary/aromatic N) is 5. The molecular weight excluding hydrogens is 354 g/mol. The maximum absolute atomic E-state index is 10.1. The topological polar surface area (TPSA) is 66.0 Å². The van der Waals surface area contributed by atoms with Gasteiger partial charge in [-0.05, 0) is 19.1 Å². The van der Waals surface area contributed by atoms with Crippen molar-refractivity contribution in [3.8, 4) is 6.07 Å². The first-order chi connectivity index (χ1) is 13.8. The van der Waals surface area contributed by atoms with E-state index in [0.717, 1.165) is 59.9 Å². The van der Waals surface area contributed by atoms with Crippen LogP contribution in [0.1, 0.15) is 11.1 Å². The molecule has 2 fully saturated rings. The minimum atomic E-state index is 0.646. The van der Waals surface area contributed by atoms with Crippen molar-refractivity contribution in [2.75, 3.05) is 62.4 Å². The van der Waals surface area contributed by atoms with E-state index >= 15 is 0 Å². The highest BCUT2D eigenvalue weighted by molar-refractivity contribution is 5.90. The van der Waals surface area contributed by atoms with E-state index in [9.17, 15) is 5.26 Å². The maximum Gasteiger partial charge on any atom is 0.159 e. The Morgan fingerprint density at radius 3 is 2.29 bits per heavy atom. The highest BCUT2D eigenvalue weighted by Crippen LogP contribution is 2.38. The highest BCUT2D eigenvalue weighted by Gasteiger charge is 2.28. The number of benzene rings is 1. The molecule has 0 atom stereocenters. The number of para-hydroxylation sites is 2. The van der Waals surface area contributed by atoms with Gasteiger partial charge in [0.05, 0.1) is 43.1 Å². The summed E-state index contributed by atoms with van der Waals surface area (Å²) in [5.74, 6) is 1.12. The van der Waals surface area contributed by atoms with Crippen molar-refractivity contribution in [2.24, 2.45) is 0 Å². The zero-order valence-corrected chi connectivity index (χ0v) is 16.0. The summed E-state index contributed by atoms with van der Waals surface area (Å²) in [4.78, 5) is 9.51. The van der Waals surface area contributed by atoms with Gasteiger partial charge in [-0.25, -0.2) is 4.98 Å². The Balaban J connectivity index is 1.86. The quantitative estimate of drug-likeness (QED) is 0.683. The van der Waals surface area contributed by atoms with Gasteiger partial charge in [0.2, 0.25) is 0 Å². The van der Waals surface area contributed by atoms with Crippen molar-refractivity contribution in [2.45, 2.75) is 6.92 Å². The Morgan fingerprint density at radius 1 is 0.964 bits per heavy atom. The lowest BCUT2D eigenvalue weighted by Gasteiger charge is -2.35. The van der Waals surface area contributed by atoms with E-state index < -0.39 is 0 Å². The summed E-state index contributed by atoms with van der Waals surface area (Å²) < 4.78 is 13.3. The van der Waals surface area contributed by atoms with Crippen molar-refractivity contribution in [3.05, 3.63) is 35.4 Å². The molecule has 2 aliphatic rings. The van der Waals surface area contributed by atoms with E-state index in [1.165, 1.54) is 0 Å². The van der Waals surface area contributed by atoms with Crippen LogP contribution in [0.2, 0.25) is 0 Å². The molecule has 0 spiro atoms. The monoisotopic (exact) mass is 377 g/mol. The van der Waals surface area contributed by atoms with Crippen molar-refractivity contribution < 1.29 is 9.47 Å². The minimum absolute atomic E-state index is 0.646. The lowest BCUT2D eigenvalue weighted by atomic mass is 10.1. The number of hydrogen-bond donors (Lipinski definition) is 0. The molecule has 0 amide bonds. The number of fused-ring (bicyclic) bond motifs is 3. The van der Waals surface area contributed by atoms with Gasteiger partial charge < -0.3 is 19.3 Å². The van der Waals surface area contributed by atoms with E-state index in [1.54, 1.807) is 0 Å². The maximum atomic E-state index is 10.1. The molecule has 2 aliphatic heterocycles. The van der Waals surface area contributed by atoms with Gasteiger partial charge in [0.15, 0.2) is 5.65 Å². The lowest BCUT2D eigenvalue weighted by Crippen LogP contribution is -2.40.